The van der Waals surface area contributed by atoms with E-state index in [0.717, 1.165) is 6.42 Å². The van der Waals surface area contributed by atoms with Crippen LogP contribution in [0.2, 0.25) is 5.02 Å². The second-order valence-corrected chi connectivity index (χ2v) is 9.60. The van der Waals surface area contributed by atoms with Gasteiger partial charge in [0, 0.05) is 19.6 Å². The highest BCUT2D eigenvalue weighted by molar-refractivity contribution is 6.33. The number of benzene rings is 2. The van der Waals surface area contributed by atoms with Gasteiger partial charge in [0.15, 0.2) is 5.75 Å². The van der Waals surface area contributed by atoms with Gasteiger partial charge < -0.3 is 25.6 Å². The first-order chi connectivity index (χ1) is 17.8. The molecule has 0 saturated carbocycles. The summed E-state index contributed by atoms with van der Waals surface area (Å²) in [6.07, 6.45) is 1.95. The Balaban J connectivity index is 1.38. The monoisotopic (exact) mass is 526 g/mol. The number of carbonyl (C=O) groups excluding carboxylic acids is 2. The molecule has 2 aliphatic heterocycles. The number of anilines is 4. The normalized spacial score (nSPS) is 16.6. The lowest BCUT2D eigenvalue weighted by Crippen LogP contribution is -2.46. The molecule has 9 nitrogen and oxygen atoms in total. The number of likely N-dealkylation sites (tertiary alicyclic amines) is 1. The molecule has 2 saturated heterocycles. The van der Waals surface area contributed by atoms with Crippen molar-refractivity contribution < 1.29 is 18.7 Å². The first-order valence-electron chi connectivity index (χ1n) is 11.8. The van der Waals surface area contributed by atoms with Gasteiger partial charge in [-0.25, -0.2) is 4.39 Å². The van der Waals surface area contributed by atoms with Gasteiger partial charge in [0.05, 0.1) is 34.5 Å². The number of piperidine rings is 1. The van der Waals surface area contributed by atoms with E-state index in [1.54, 1.807) is 23.1 Å². The fourth-order valence-corrected chi connectivity index (χ4v) is 5.20. The number of amides is 2. The molecule has 0 radical (unpaired) electrons. The standard InChI is InChI=1S/C26H24ClFN4O5/c1-37-23-14(24(35)32-12-9-26(10-13-32)8-11-29-25(26)36)4-2-7-17(23)31-20-19(21(33)22(20)34)30-16-6-3-5-15(28)18(16)27/h2-7,30-31H,8-13H2,1H3,(H,29,36). The van der Waals surface area contributed by atoms with Crippen molar-refractivity contribution in [3.63, 3.8) is 0 Å². The fraction of sp³-hybridized carbons (Fsp3) is 0.308. The van der Waals surface area contributed by atoms with Gasteiger partial charge in [0.2, 0.25) is 5.91 Å². The van der Waals surface area contributed by atoms with Crippen LogP contribution >= 0.6 is 11.6 Å². The Morgan fingerprint density at radius 1 is 1.00 bits per heavy atom. The van der Waals surface area contributed by atoms with Crippen molar-refractivity contribution in [2.45, 2.75) is 19.3 Å². The van der Waals surface area contributed by atoms with Crippen LogP contribution in [0.3, 0.4) is 0 Å². The number of carbonyl (C=O) groups is 2. The predicted octanol–water partition coefficient (Wildman–Crippen LogP) is 3.31. The minimum Gasteiger partial charge on any atom is -0.494 e. The molecule has 0 bridgehead atoms. The van der Waals surface area contributed by atoms with Crippen LogP contribution < -0.4 is 31.5 Å². The molecule has 0 unspecified atom stereocenters. The van der Waals surface area contributed by atoms with E-state index in [9.17, 15) is 23.6 Å². The first-order valence-corrected chi connectivity index (χ1v) is 12.2. The van der Waals surface area contributed by atoms with Crippen LogP contribution in [0, 0.1) is 11.2 Å². The smallest absolute Gasteiger partial charge is 0.257 e. The largest absolute Gasteiger partial charge is 0.494 e. The highest BCUT2D eigenvalue weighted by Crippen LogP contribution is 2.40. The summed E-state index contributed by atoms with van der Waals surface area (Å²) in [6.45, 7) is 1.54. The fourth-order valence-electron chi connectivity index (χ4n) is 5.03. The van der Waals surface area contributed by atoms with Gasteiger partial charge in [-0.3, -0.25) is 19.2 Å². The summed E-state index contributed by atoms with van der Waals surface area (Å²) in [7, 11) is 1.40. The zero-order chi connectivity index (χ0) is 26.3. The highest BCUT2D eigenvalue weighted by Gasteiger charge is 2.45. The first kappa shape index (κ1) is 24.8. The minimum atomic E-state index is -0.785. The summed E-state index contributed by atoms with van der Waals surface area (Å²) in [5.74, 6) is -0.678. The molecule has 37 heavy (non-hydrogen) atoms. The maximum absolute atomic E-state index is 13.8. The van der Waals surface area contributed by atoms with Gasteiger partial charge in [-0.1, -0.05) is 23.7 Å². The third-order valence-corrected chi connectivity index (χ3v) is 7.59. The van der Waals surface area contributed by atoms with Gasteiger partial charge in [-0.05, 0) is 43.5 Å². The van der Waals surface area contributed by atoms with Crippen LogP contribution in [0.4, 0.5) is 27.1 Å². The lowest BCUT2D eigenvalue weighted by molar-refractivity contribution is -0.129. The van der Waals surface area contributed by atoms with Gasteiger partial charge in [0.1, 0.15) is 17.2 Å². The molecule has 192 valence electrons. The number of nitrogens with one attached hydrogen (secondary N) is 3. The molecule has 3 N–H and O–H groups in total. The van der Waals surface area contributed by atoms with Crippen LogP contribution in [-0.4, -0.2) is 43.5 Å². The van der Waals surface area contributed by atoms with E-state index in [1.807, 2.05) is 0 Å². The van der Waals surface area contributed by atoms with Gasteiger partial charge in [0.25, 0.3) is 16.8 Å². The van der Waals surface area contributed by atoms with Crippen LogP contribution in [0.15, 0.2) is 46.0 Å². The van der Waals surface area contributed by atoms with E-state index in [4.69, 9.17) is 16.3 Å². The summed E-state index contributed by atoms with van der Waals surface area (Å²) in [5.41, 5.74) is -1.38. The third kappa shape index (κ3) is 4.21. The van der Waals surface area contributed by atoms with Gasteiger partial charge in [-0.2, -0.15) is 0 Å². The van der Waals surface area contributed by atoms with E-state index < -0.39 is 22.1 Å². The average Bonchev–Trinajstić information content (AvgIpc) is 3.26. The van der Waals surface area contributed by atoms with Crippen LogP contribution in [-0.2, 0) is 4.79 Å². The number of rotatable bonds is 6. The summed E-state index contributed by atoms with van der Waals surface area (Å²) >= 11 is 5.97. The SMILES string of the molecule is COc1c(Nc2c(Nc3cccc(F)c3Cl)c(=O)c2=O)cccc1C(=O)N1CCC2(CCNC2=O)CC1. The maximum Gasteiger partial charge on any atom is 0.257 e. The van der Waals surface area contributed by atoms with Gasteiger partial charge >= 0.3 is 0 Å². The van der Waals surface area contributed by atoms with E-state index >= 15 is 0 Å². The Labute approximate surface area is 216 Å². The van der Waals surface area contributed by atoms with Crippen molar-refractivity contribution in [1.29, 1.82) is 0 Å². The maximum atomic E-state index is 13.8. The van der Waals surface area contributed by atoms with Crippen molar-refractivity contribution in [1.82, 2.24) is 10.2 Å². The lowest BCUT2D eigenvalue weighted by Gasteiger charge is -2.37. The summed E-state index contributed by atoms with van der Waals surface area (Å²) in [6, 6.07) is 8.93. The van der Waals surface area contributed by atoms with Crippen molar-refractivity contribution in [3.05, 3.63) is 73.2 Å². The molecule has 2 heterocycles. The molecule has 5 rings (SSSR count). The molecule has 3 aromatic rings. The number of para-hydroxylation sites is 1. The molecule has 3 aromatic carbocycles. The highest BCUT2D eigenvalue weighted by atomic mass is 35.5. The van der Waals surface area contributed by atoms with Crippen molar-refractivity contribution in [2.75, 3.05) is 37.4 Å². The molecule has 11 heteroatoms. The molecule has 2 fully saturated rings. The van der Waals surface area contributed by atoms with Crippen LogP contribution in [0.25, 0.3) is 0 Å². The van der Waals surface area contributed by atoms with Crippen LogP contribution in [0.5, 0.6) is 5.75 Å². The van der Waals surface area contributed by atoms with E-state index in [2.05, 4.69) is 16.0 Å². The lowest BCUT2D eigenvalue weighted by atomic mass is 9.77. The zero-order valence-electron chi connectivity index (χ0n) is 20.0. The molecular weight excluding hydrogens is 503 g/mol. The van der Waals surface area contributed by atoms with E-state index in [-0.39, 0.29) is 45.2 Å². The van der Waals surface area contributed by atoms with Gasteiger partial charge in [-0.15, -0.1) is 0 Å². The molecule has 1 spiro atoms. The van der Waals surface area contributed by atoms with Crippen molar-refractivity contribution >= 4 is 46.2 Å². The molecule has 0 aliphatic carbocycles. The number of halogens is 2. The summed E-state index contributed by atoms with van der Waals surface area (Å²) in [5, 5.41) is 8.27. The Morgan fingerprint density at radius 3 is 2.24 bits per heavy atom. The molecule has 0 aromatic heterocycles. The minimum absolute atomic E-state index is 0.0552. The molecule has 2 amide bonds. The molecule has 0 atom stereocenters. The second kappa shape index (κ2) is 9.51. The third-order valence-electron chi connectivity index (χ3n) is 7.21. The Kier molecular flexibility index (Phi) is 6.36. The number of hydrogen-bond donors (Lipinski definition) is 3. The van der Waals surface area contributed by atoms with Crippen LogP contribution in [0.1, 0.15) is 29.6 Å². The number of nitrogens with zero attached hydrogens (tertiary/aromatic N) is 1. The summed E-state index contributed by atoms with van der Waals surface area (Å²) in [4.78, 5) is 52.0. The number of methoxy groups -OCH3 is 1. The Hall–Kier alpha value is -3.92. The topological polar surface area (TPSA) is 117 Å². The Bertz CT molecular complexity index is 1470. The van der Waals surface area contributed by atoms with Crippen molar-refractivity contribution in [3.8, 4) is 5.75 Å². The number of ether oxygens (including phenoxy) is 1. The van der Waals surface area contributed by atoms with E-state index in [1.165, 1.54) is 25.3 Å². The van der Waals surface area contributed by atoms with Crippen molar-refractivity contribution in [2.24, 2.45) is 5.41 Å². The predicted molar refractivity (Wildman–Crippen MR) is 138 cm³/mol. The Morgan fingerprint density at radius 2 is 1.62 bits per heavy atom. The van der Waals surface area contributed by atoms with E-state index in [0.29, 0.717) is 38.2 Å². The zero-order valence-corrected chi connectivity index (χ0v) is 20.7. The quantitative estimate of drug-likeness (QED) is 0.422. The molecular formula is C26H24ClFN4O5. The summed E-state index contributed by atoms with van der Waals surface area (Å²) < 4.78 is 19.4. The second-order valence-electron chi connectivity index (χ2n) is 9.22. The number of hydrogen-bond acceptors (Lipinski definition) is 7. The average molecular weight is 527 g/mol. The molecule has 2 aliphatic rings.